The number of ether oxygens (including phenoxy) is 2. The highest BCUT2D eigenvalue weighted by Gasteiger charge is 2.53. The van der Waals surface area contributed by atoms with Gasteiger partial charge in [0.05, 0.1) is 13.2 Å². The molecule has 5 atom stereocenters. The lowest BCUT2D eigenvalue weighted by Crippen LogP contribution is -2.70. The number of imide groups is 1. The summed E-state index contributed by atoms with van der Waals surface area (Å²) in [6.07, 6.45) is 25.2. The first-order valence-corrected chi connectivity index (χ1v) is 23.9. The molecule has 0 spiro atoms. The summed E-state index contributed by atoms with van der Waals surface area (Å²) in [5.41, 5.74) is 6.48. The van der Waals surface area contributed by atoms with Gasteiger partial charge in [0.15, 0.2) is 6.23 Å². The van der Waals surface area contributed by atoms with Gasteiger partial charge >= 0.3 is 6.09 Å². The number of amides is 3. The van der Waals surface area contributed by atoms with Crippen LogP contribution in [0.5, 0.6) is 0 Å². The quantitative estimate of drug-likeness (QED) is 0.0488. The Bertz CT molecular complexity index is 1210. The van der Waals surface area contributed by atoms with Gasteiger partial charge in [0.1, 0.15) is 31.0 Å². The number of rotatable bonds is 35. The fourth-order valence-electron chi connectivity index (χ4n) is 8.20. The van der Waals surface area contributed by atoms with Crippen molar-refractivity contribution in [2.75, 3.05) is 19.7 Å². The zero-order valence-electron chi connectivity index (χ0n) is 37.3. The van der Waals surface area contributed by atoms with Crippen molar-refractivity contribution in [2.45, 2.75) is 231 Å². The maximum absolute atomic E-state index is 14.2. The molecule has 0 saturated carbocycles. The molecule has 5 N–H and O–H groups in total. The maximum Gasteiger partial charge on any atom is 0.417 e. The minimum absolute atomic E-state index is 0.148. The van der Waals surface area contributed by atoms with E-state index in [0.29, 0.717) is 23.3 Å². The number of nitrogens with zero attached hydrogens (tertiary/aromatic N) is 2. The predicted molar refractivity (Wildman–Crippen MR) is 236 cm³/mol. The van der Waals surface area contributed by atoms with Crippen LogP contribution in [0.3, 0.4) is 0 Å². The summed E-state index contributed by atoms with van der Waals surface area (Å²) in [5, 5.41) is 32.7. The van der Waals surface area contributed by atoms with Gasteiger partial charge in [-0.2, -0.15) is 0 Å². The molecular weight excluding hydrogens is 747 g/mol. The molecule has 1 heterocycles. The summed E-state index contributed by atoms with van der Waals surface area (Å²) >= 11 is 0. The van der Waals surface area contributed by atoms with Gasteiger partial charge in [0.2, 0.25) is 11.8 Å². The maximum atomic E-state index is 14.2. The van der Waals surface area contributed by atoms with Crippen molar-refractivity contribution in [1.29, 1.82) is 0 Å². The molecule has 0 unspecified atom stereocenters. The van der Waals surface area contributed by atoms with E-state index in [-0.39, 0.29) is 25.5 Å². The van der Waals surface area contributed by atoms with Crippen molar-refractivity contribution in [3.63, 3.8) is 0 Å². The van der Waals surface area contributed by atoms with Crippen LogP contribution in [0.15, 0.2) is 30.3 Å². The molecule has 1 aromatic rings. The first-order valence-electron chi connectivity index (χ1n) is 23.9. The Morgan fingerprint density at radius 2 is 1.07 bits per heavy atom. The molecule has 2 rings (SSSR count). The fraction of sp³-hybridized carbons (Fsp3) is 0.812. The van der Waals surface area contributed by atoms with Crippen molar-refractivity contribution in [1.82, 2.24) is 9.80 Å². The molecule has 11 heteroatoms. The third-order valence-corrected chi connectivity index (χ3v) is 11.9. The van der Waals surface area contributed by atoms with Crippen LogP contribution >= 0.6 is 0 Å². The Morgan fingerprint density at radius 3 is 1.51 bits per heavy atom. The fourth-order valence-corrected chi connectivity index (χ4v) is 8.20. The van der Waals surface area contributed by atoms with Gasteiger partial charge in [-0.05, 0) is 18.4 Å². The zero-order valence-corrected chi connectivity index (χ0v) is 37.3. The van der Waals surface area contributed by atoms with E-state index < -0.39 is 55.7 Å². The molecule has 1 aliphatic rings. The normalized spacial score (nSPS) is 19.1. The second-order valence-corrected chi connectivity index (χ2v) is 16.9. The third-order valence-electron chi connectivity index (χ3n) is 11.9. The van der Waals surface area contributed by atoms with Crippen LogP contribution in [0.4, 0.5) is 4.79 Å². The van der Waals surface area contributed by atoms with Gasteiger partial charge in [0, 0.05) is 13.0 Å². The lowest BCUT2D eigenvalue weighted by atomic mass is 9.93. The summed E-state index contributed by atoms with van der Waals surface area (Å²) in [4.78, 5) is 43.5. The van der Waals surface area contributed by atoms with Gasteiger partial charge in [-0.15, -0.1) is 0 Å². The smallest absolute Gasteiger partial charge is 0.417 e. The highest BCUT2D eigenvalue weighted by molar-refractivity contribution is 5.93. The zero-order chi connectivity index (χ0) is 42.9. The largest absolute Gasteiger partial charge is 0.444 e. The van der Waals surface area contributed by atoms with E-state index in [1.807, 2.05) is 6.07 Å². The molecule has 11 nitrogen and oxygen atoms in total. The molecule has 1 aromatic carbocycles. The lowest BCUT2D eigenvalue weighted by Gasteiger charge is -2.49. The Hall–Kier alpha value is -2.57. The van der Waals surface area contributed by atoms with E-state index in [0.717, 1.165) is 38.5 Å². The Labute approximate surface area is 358 Å². The number of aliphatic hydroxyl groups is 3. The molecule has 59 heavy (non-hydrogen) atoms. The highest BCUT2D eigenvalue weighted by atomic mass is 16.6. The van der Waals surface area contributed by atoms with Gasteiger partial charge in [-0.25, -0.2) is 9.69 Å². The van der Waals surface area contributed by atoms with Gasteiger partial charge in [0.25, 0.3) is 0 Å². The number of hydrogen-bond acceptors (Lipinski definition) is 9. The van der Waals surface area contributed by atoms with Crippen LogP contribution in [0.2, 0.25) is 0 Å². The van der Waals surface area contributed by atoms with Gasteiger partial charge < -0.3 is 35.4 Å². The average molecular weight is 832 g/mol. The highest BCUT2D eigenvalue weighted by Crippen LogP contribution is 2.30. The van der Waals surface area contributed by atoms with Crippen LogP contribution in [-0.2, 0) is 25.7 Å². The van der Waals surface area contributed by atoms with Crippen molar-refractivity contribution in [3.8, 4) is 0 Å². The molecule has 0 aliphatic carbocycles. The van der Waals surface area contributed by atoms with Gasteiger partial charge in [-0.1, -0.05) is 205 Å². The third kappa shape index (κ3) is 21.7. The molecule has 340 valence electrons. The van der Waals surface area contributed by atoms with Crippen LogP contribution in [-0.4, -0.2) is 93.3 Å². The van der Waals surface area contributed by atoms with E-state index in [4.69, 9.17) is 15.2 Å². The van der Waals surface area contributed by atoms with Crippen molar-refractivity contribution in [3.05, 3.63) is 35.9 Å². The number of carbonyl (C=O) groups is 3. The summed E-state index contributed by atoms with van der Waals surface area (Å²) in [7, 11) is 0. The van der Waals surface area contributed by atoms with Crippen molar-refractivity contribution < 1.29 is 39.2 Å². The number of aliphatic hydroxyl groups excluding tert-OH is 3. The van der Waals surface area contributed by atoms with Crippen LogP contribution in [0.25, 0.3) is 0 Å². The van der Waals surface area contributed by atoms with E-state index in [1.165, 1.54) is 127 Å². The lowest BCUT2D eigenvalue weighted by molar-refractivity contribution is -0.244. The van der Waals surface area contributed by atoms with Crippen molar-refractivity contribution in [2.24, 2.45) is 5.73 Å². The molecule has 0 radical (unpaired) electrons. The predicted octanol–water partition coefficient (Wildman–Crippen LogP) is 9.71. The SMILES string of the molecule is CCCCCCCCCCCCCCCCCCN(C(=O)CCCCCCCCCCCCC)[C@@H]1O[C@H](CO)[C@@H](O)[C@H](O)[C@H]1N(C(=O)CN)C(=O)OCc1ccccc1. The second-order valence-electron chi connectivity index (χ2n) is 16.9. The van der Waals surface area contributed by atoms with E-state index in [2.05, 4.69) is 13.8 Å². The molecule has 1 fully saturated rings. The van der Waals surface area contributed by atoms with Crippen LogP contribution in [0, 0.1) is 0 Å². The molecule has 1 saturated heterocycles. The number of unbranched alkanes of at least 4 members (excludes halogenated alkanes) is 25. The van der Waals surface area contributed by atoms with Crippen LogP contribution < -0.4 is 5.73 Å². The summed E-state index contributed by atoms with van der Waals surface area (Å²) in [6.45, 7) is 3.39. The Balaban J connectivity index is 2.07. The average Bonchev–Trinajstić information content (AvgIpc) is 3.25. The Kier molecular flexibility index (Phi) is 30.4. The van der Waals surface area contributed by atoms with E-state index >= 15 is 0 Å². The first-order chi connectivity index (χ1) is 28.8. The minimum atomic E-state index is -1.74. The minimum Gasteiger partial charge on any atom is -0.444 e. The summed E-state index contributed by atoms with van der Waals surface area (Å²) in [6, 6.07) is 7.44. The van der Waals surface area contributed by atoms with E-state index in [9.17, 15) is 29.7 Å². The number of hydrogen-bond donors (Lipinski definition) is 4. The summed E-state index contributed by atoms with van der Waals surface area (Å²) in [5.74, 6) is -1.08. The number of nitrogens with two attached hydrogens (primary N) is 1. The molecule has 0 aromatic heterocycles. The molecule has 1 aliphatic heterocycles. The summed E-state index contributed by atoms with van der Waals surface area (Å²) < 4.78 is 11.7. The van der Waals surface area contributed by atoms with Crippen LogP contribution in [0.1, 0.15) is 199 Å². The number of carbonyl (C=O) groups excluding carboxylic acids is 3. The topological polar surface area (TPSA) is 163 Å². The first kappa shape index (κ1) is 52.6. The molecular formula is C48H85N3O8. The Morgan fingerprint density at radius 1 is 0.627 bits per heavy atom. The van der Waals surface area contributed by atoms with Crippen molar-refractivity contribution >= 4 is 17.9 Å². The molecule has 0 bridgehead atoms. The number of benzene rings is 1. The molecule has 3 amide bonds. The van der Waals surface area contributed by atoms with E-state index in [1.54, 1.807) is 24.3 Å². The van der Waals surface area contributed by atoms with Gasteiger partial charge in [-0.3, -0.25) is 9.59 Å². The monoisotopic (exact) mass is 832 g/mol. The standard InChI is InChI=1S/C48H85N3O8/c1-3-5-7-9-11-13-15-16-17-18-19-21-23-25-27-32-36-50(42(53)35-31-26-24-22-20-14-12-10-8-6-4-2)47-44(46(56)45(55)41(38-52)59-47)51(43(54)37-49)48(57)58-39-40-33-29-28-30-34-40/h28-30,33-34,41,44-47,52,55-56H,3-27,31-32,35-39,49H2,1-2H3/t41-,44-,45-,46-,47-/m1/s1. The second kappa shape index (κ2) is 34.1.